The van der Waals surface area contributed by atoms with E-state index in [0.717, 1.165) is 0 Å². The van der Waals surface area contributed by atoms with Crippen molar-refractivity contribution in [3.05, 3.63) is 12.2 Å². The van der Waals surface area contributed by atoms with E-state index in [1.807, 2.05) is 27.7 Å². The Morgan fingerprint density at radius 3 is 1.92 bits per heavy atom. The maximum Gasteiger partial charge on any atom is 0.333 e. The van der Waals surface area contributed by atoms with Gasteiger partial charge in [-0.2, -0.15) is 0 Å². The number of rotatable bonds is 3. The molecule has 0 unspecified atom stereocenters. The van der Waals surface area contributed by atoms with Crippen LogP contribution in [0.2, 0.25) is 0 Å². The van der Waals surface area contributed by atoms with Crippen LogP contribution in [0.3, 0.4) is 0 Å². The van der Waals surface area contributed by atoms with Crippen molar-refractivity contribution < 1.29 is 9.53 Å². The van der Waals surface area contributed by atoms with Gasteiger partial charge in [-0.05, 0) is 34.6 Å². The predicted molar refractivity (Wildman–Crippen MR) is 58.0 cm³/mol. The average molecular weight is 249 g/mol. The number of carbonyl (C=O) groups excluding carboxylic acids is 1. The molecule has 0 aromatic heterocycles. The number of hydrogen-bond donors (Lipinski definition) is 0. The molecule has 0 atom stereocenters. The summed E-state index contributed by atoms with van der Waals surface area (Å²) in [5.41, 5.74) is -0.131. The number of carbonyl (C=O) groups is 1. The third-order valence-corrected chi connectivity index (χ3v) is 3.08. The minimum Gasteiger partial charge on any atom is -0.455 e. The lowest BCUT2D eigenvalue weighted by atomic mass is 9.94. The Labute approximate surface area is 88.5 Å². The molecule has 0 radical (unpaired) electrons. The smallest absolute Gasteiger partial charge is 0.333 e. The van der Waals surface area contributed by atoms with Crippen LogP contribution < -0.4 is 0 Å². The molecule has 0 spiro atoms. The molecule has 0 fully saturated rings. The molecule has 0 rings (SSSR count). The molecule has 3 heteroatoms. The zero-order valence-corrected chi connectivity index (χ0v) is 10.5. The topological polar surface area (TPSA) is 26.3 Å². The molecule has 0 N–H and O–H groups in total. The highest BCUT2D eigenvalue weighted by Crippen LogP contribution is 2.33. The van der Waals surface area contributed by atoms with Crippen molar-refractivity contribution in [2.45, 2.75) is 44.5 Å². The van der Waals surface area contributed by atoms with Gasteiger partial charge in [0.25, 0.3) is 0 Å². The minimum atomic E-state index is -0.553. The summed E-state index contributed by atoms with van der Waals surface area (Å²) < 4.78 is 5.02. The van der Waals surface area contributed by atoms with Crippen LogP contribution in [-0.2, 0) is 9.53 Å². The van der Waals surface area contributed by atoms with E-state index in [1.165, 1.54) is 0 Å². The van der Waals surface area contributed by atoms with Crippen LogP contribution in [0.4, 0.5) is 0 Å². The molecular weight excluding hydrogens is 232 g/mol. The monoisotopic (exact) mass is 248 g/mol. The first-order valence-corrected chi connectivity index (χ1v) is 4.95. The number of esters is 1. The first kappa shape index (κ1) is 12.7. The van der Waals surface area contributed by atoms with Gasteiger partial charge in [0.1, 0.15) is 5.60 Å². The van der Waals surface area contributed by atoms with Crippen LogP contribution in [0.5, 0.6) is 0 Å². The van der Waals surface area contributed by atoms with Crippen LogP contribution in [0.1, 0.15) is 34.6 Å². The Balaban J connectivity index is 4.53. The molecule has 2 nitrogen and oxygen atoms in total. The van der Waals surface area contributed by atoms with Crippen molar-refractivity contribution in [3.63, 3.8) is 0 Å². The van der Waals surface area contributed by atoms with Crippen molar-refractivity contribution in [2.24, 2.45) is 0 Å². The van der Waals surface area contributed by atoms with E-state index in [1.54, 1.807) is 6.92 Å². The second-order valence-corrected chi connectivity index (χ2v) is 6.14. The van der Waals surface area contributed by atoms with E-state index in [4.69, 9.17) is 4.74 Å². The van der Waals surface area contributed by atoms with Gasteiger partial charge >= 0.3 is 5.97 Å². The van der Waals surface area contributed by atoms with E-state index in [2.05, 4.69) is 22.5 Å². The van der Waals surface area contributed by atoms with Crippen molar-refractivity contribution in [1.82, 2.24) is 0 Å². The zero-order valence-electron chi connectivity index (χ0n) is 8.90. The second-order valence-electron chi connectivity index (χ2n) is 4.15. The van der Waals surface area contributed by atoms with Gasteiger partial charge in [-0.3, -0.25) is 0 Å². The second kappa shape index (κ2) is 3.82. The highest BCUT2D eigenvalue weighted by molar-refractivity contribution is 9.10. The fraction of sp³-hybridized carbons (Fsp3) is 0.700. The van der Waals surface area contributed by atoms with Gasteiger partial charge < -0.3 is 4.74 Å². The summed E-state index contributed by atoms with van der Waals surface area (Å²) in [7, 11) is 0. The predicted octanol–water partition coefficient (Wildman–Crippen LogP) is 3.06. The molecule has 0 aliphatic carbocycles. The summed E-state index contributed by atoms with van der Waals surface area (Å²) in [6.45, 7) is 12.8. The van der Waals surface area contributed by atoms with Crippen molar-refractivity contribution in [3.8, 4) is 0 Å². The van der Waals surface area contributed by atoms with Gasteiger partial charge in [-0.25, -0.2) is 4.79 Å². The molecule has 0 amide bonds. The Morgan fingerprint density at radius 1 is 1.31 bits per heavy atom. The SMILES string of the molecule is C=C(C)C(=O)OC(C)(C)C(C)(C)Br. The van der Waals surface area contributed by atoms with Crippen molar-refractivity contribution >= 4 is 21.9 Å². The summed E-state index contributed by atoms with van der Waals surface area (Å²) in [6, 6.07) is 0. The van der Waals surface area contributed by atoms with E-state index < -0.39 is 5.60 Å². The van der Waals surface area contributed by atoms with Gasteiger partial charge in [0.05, 0.1) is 4.32 Å². The maximum atomic E-state index is 11.3. The van der Waals surface area contributed by atoms with Gasteiger partial charge in [-0.1, -0.05) is 22.5 Å². The molecule has 0 heterocycles. The van der Waals surface area contributed by atoms with Crippen molar-refractivity contribution in [1.29, 1.82) is 0 Å². The number of halogens is 1. The van der Waals surface area contributed by atoms with Gasteiger partial charge in [0.15, 0.2) is 0 Å². The van der Waals surface area contributed by atoms with E-state index >= 15 is 0 Å². The van der Waals surface area contributed by atoms with Crippen molar-refractivity contribution in [2.75, 3.05) is 0 Å². The van der Waals surface area contributed by atoms with Crippen LogP contribution in [0.15, 0.2) is 12.2 Å². The first-order valence-electron chi connectivity index (χ1n) is 4.15. The molecule has 0 saturated carbocycles. The average Bonchev–Trinajstić information content (AvgIpc) is 1.83. The first-order chi connectivity index (χ1) is 5.58. The number of hydrogen-bond acceptors (Lipinski definition) is 2. The molecule has 13 heavy (non-hydrogen) atoms. The van der Waals surface area contributed by atoms with E-state index in [9.17, 15) is 4.79 Å². The third kappa shape index (κ3) is 3.51. The lowest BCUT2D eigenvalue weighted by molar-refractivity contribution is -0.153. The van der Waals surface area contributed by atoms with Gasteiger partial charge in [0, 0.05) is 5.57 Å². The van der Waals surface area contributed by atoms with Gasteiger partial charge in [-0.15, -0.1) is 0 Å². The lowest BCUT2D eigenvalue weighted by Crippen LogP contribution is -2.44. The third-order valence-electron chi connectivity index (χ3n) is 2.13. The number of alkyl halides is 1. The molecule has 0 bridgehead atoms. The van der Waals surface area contributed by atoms with Crippen LogP contribution in [-0.4, -0.2) is 15.9 Å². The normalized spacial score (nSPS) is 12.5. The summed E-state index contributed by atoms with van der Waals surface area (Å²) in [6.07, 6.45) is 0. The van der Waals surface area contributed by atoms with Gasteiger partial charge in [0.2, 0.25) is 0 Å². The minimum absolute atomic E-state index is 0.259. The van der Waals surface area contributed by atoms with Crippen LogP contribution in [0.25, 0.3) is 0 Å². The standard InChI is InChI=1S/C10H17BrO2/c1-7(2)8(12)13-10(5,6)9(3,4)11/h1H2,2-6H3. The molecule has 0 aromatic rings. The van der Waals surface area contributed by atoms with Crippen LogP contribution in [0, 0.1) is 0 Å². The van der Waals surface area contributed by atoms with E-state index in [0.29, 0.717) is 5.57 Å². The van der Waals surface area contributed by atoms with E-state index in [-0.39, 0.29) is 10.3 Å². The molecular formula is C10H17BrO2. The Hall–Kier alpha value is -0.310. The largest absolute Gasteiger partial charge is 0.455 e. The fourth-order valence-corrected chi connectivity index (χ4v) is 0.521. The maximum absolute atomic E-state index is 11.3. The Bertz CT molecular complexity index is 224. The lowest BCUT2D eigenvalue weighted by Gasteiger charge is -2.36. The highest BCUT2D eigenvalue weighted by Gasteiger charge is 2.38. The summed E-state index contributed by atoms with van der Waals surface area (Å²) in [5.74, 6) is -0.350. The summed E-state index contributed by atoms with van der Waals surface area (Å²) in [5, 5.41) is 0. The molecule has 0 aliphatic heterocycles. The Kier molecular flexibility index (Phi) is 3.73. The number of ether oxygens (including phenoxy) is 1. The molecule has 0 aliphatic rings. The quantitative estimate of drug-likeness (QED) is 0.436. The zero-order chi connectivity index (χ0) is 10.9. The summed E-state index contributed by atoms with van der Waals surface area (Å²) in [4.78, 5) is 11.3. The highest BCUT2D eigenvalue weighted by atomic mass is 79.9. The molecule has 0 saturated heterocycles. The molecule has 0 aromatic carbocycles. The Morgan fingerprint density at radius 2 is 1.69 bits per heavy atom. The molecule has 76 valence electrons. The fourth-order valence-electron chi connectivity index (χ4n) is 0.440. The van der Waals surface area contributed by atoms with Crippen LogP contribution >= 0.6 is 15.9 Å². The summed E-state index contributed by atoms with van der Waals surface area (Å²) >= 11 is 3.47.